The average molecular weight is 275 g/mol. The predicted octanol–water partition coefficient (Wildman–Crippen LogP) is 2.59. The lowest BCUT2D eigenvalue weighted by atomic mass is 9.85. The molecule has 1 heterocycles. The van der Waals surface area contributed by atoms with E-state index in [0.29, 0.717) is 0 Å². The smallest absolute Gasteiger partial charge is 0.309 e. The number of hydrogen-bond donors (Lipinski definition) is 1. The number of aliphatic carboxylic acids is 1. The van der Waals surface area contributed by atoms with Crippen LogP contribution in [0.25, 0.3) is 0 Å². The zero-order valence-electron chi connectivity index (χ0n) is 12.4. The third-order valence-corrected chi connectivity index (χ3v) is 4.02. The van der Waals surface area contributed by atoms with Gasteiger partial charge in [0.2, 0.25) is 5.91 Å². The lowest BCUT2D eigenvalue weighted by Gasteiger charge is -2.25. The maximum Gasteiger partial charge on any atom is 0.309 e. The molecule has 0 radical (unpaired) electrons. The van der Waals surface area contributed by atoms with Crippen LogP contribution in [0.4, 0.5) is 0 Å². The fourth-order valence-corrected chi connectivity index (χ4v) is 2.73. The summed E-state index contributed by atoms with van der Waals surface area (Å²) in [5.41, 5.74) is 2.14. The lowest BCUT2D eigenvalue weighted by Crippen LogP contribution is -2.27. The summed E-state index contributed by atoms with van der Waals surface area (Å²) in [6.07, 6.45) is 0.0809. The number of carbonyl (C=O) groups excluding carboxylic acids is 1. The van der Waals surface area contributed by atoms with Crippen LogP contribution in [0.1, 0.15) is 44.4 Å². The highest BCUT2D eigenvalue weighted by atomic mass is 16.4. The second kappa shape index (κ2) is 4.93. The Kier molecular flexibility index (Phi) is 3.59. The maximum atomic E-state index is 11.8. The highest BCUT2D eigenvalue weighted by molar-refractivity contribution is 5.87. The SMILES string of the molecule is CN1C(=O)CC(C(=O)O)C1c1ccc(C(C)(C)C)cc1. The number of carboxylic acid groups (broad SMARTS) is 1. The summed E-state index contributed by atoms with van der Waals surface area (Å²) >= 11 is 0. The van der Waals surface area contributed by atoms with E-state index in [1.807, 2.05) is 24.3 Å². The van der Waals surface area contributed by atoms with Crippen molar-refractivity contribution in [1.82, 2.24) is 4.90 Å². The van der Waals surface area contributed by atoms with Crippen molar-refractivity contribution in [3.8, 4) is 0 Å². The molecule has 0 aliphatic carbocycles. The molecule has 1 aliphatic rings. The Balaban J connectivity index is 2.34. The molecule has 2 atom stereocenters. The summed E-state index contributed by atoms with van der Waals surface area (Å²) in [7, 11) is 1.67. The fraction of sp³-hybridized carbons (Fsp3) is 0.500. The number of nitrogens with zero attached hydrogens (tertiary/aromatic N) is 1. The Hall–Kier alpha value is -1.84. The molecule has 1 aliphatic heterocycles. The number of rotatable bonds is 2. The zero-order chi connectivity index (χ0) is 15.1. The molecular weight excluding hydrogens is 254 g/mol. The molecule has 2 rings (SSSR count). The second-order valence-corrected chi connectivity index (χ2v) is 6.47. The molecule has 1 saturated heterocycles. The summed E-state index contributed by atoms with van der Waals surface area (Å²) in [5, 5.41) is 9.29. The third kappa shape index (κ3) is 2.55. The molecule has 1 amide bonds. The Morgan fingerprint density at radius 1 is 1.25 bits per heavy atom. The first kappa shape index (κ1) is 14.6. The Labute approximate surface area is 119 Å². The number of carboxylic acids is 1. The van der Waals surface area contributed by atoms with Crippen LogP contribution < -0.4 is 0 Å². The van der Waals surface area contributed by atoms with Crippen molar-refractivity contribution in [2.24, 2.45) is 5.92 Å². The standard InChI is InChI=1S/C16H21NO3/c1-16(2,3)11-7-5-10(6-8-11)14-12(15(19)20)9-13(18)17(14)4/h5-8,12,14H,9H2,1-4H3,(H,19,20). The van der Waals surface area contributed by atoms with Crippen LogP contribution in [0.2, 0.25) is 0 Å². The molecule has 4 heteroatoms. The van der Waals surface area contributed by atoms with E-state index in [2.05, 4.69) is 20.8 Å². The summed E-state index contributed by atoms with van der Waals surface area (Å²) in [4.78, 5) is 24.6. The Morgan fingerprint density at radius 3 is 2.25 bits per heavy atom. The summed E-state index contributed by atoms with van der Waals surface area (Å²) in [5.74, 6) is -1.68. The van der Waals surface area contributed by atoms with Gasteiger partial charge in [0.1, 0.15) is 0 Å². The summed E-state index contributed by atoms with van der Waals surface area (Å²) < 4.78 is 0. The monoisotopic (exact) mass is 275 g/mol. The van der Waals surface area contributed by atoms with Crippen LogP contribution in [0.3, 0.4) is 0 Å². The molecule has 1 aromatic rings. The molecule has 1 aromatic carbocycles. The van der Waals surface area contributed by atoms with Crippen LogP contribution >= 0.6 is 0 Å². The van der Waals surface area contributed by atoms with Crippen molar-refractivity contribution < 1.29 is 14.7 Å². The molecule has 0 spiro atoms. The summed E-state index contributed by atoms with van der Waals surface area (Å²) in [6, 6.07) is 7.55. The van der Waals surface area contributed by atoms with E-state index >= 15 is 0 Å². The molecule has 0 saturated carbocycles. The average Bonchev–Trinajstić information content (AvgIpc) is 2.65. The van der Waals surface area contributed by atoms with Gasteiger partial charge in [-0.05, 0) is 16.5 Å². The molecule has 0 bridgehead atoms. The van der Waals surface area contributed by atoms with Gasteiger partial charge in [-0.3, -0.25) is 9.59 Å². The van der Waals surface area contributed by atoms with Crippen LogP contribution in [0.5, 0.6) is 0 Å². The normalized spacial score (nSPS) is 23.2. The molecule has 0 aromatic heterocycles. The van der Waals surface area contributed by atoms with Crippen molar-refractivity contribution in [2.45, 2.75) is 38.6 Å². The van der Waals surface area contributed by atoms with E-state index in [0.717, 1.165) is 5.56 Å². The van der Waals surface area contributed by atoms with Crippen molar-refractivity contribution in [1.29, 1.82) is 0 Å². The van der Waals surface area contributed by atoms with E-state index in [1.165, 1.54) is 5.56 Å². The molecule has 2 unspecified atom stereocenters. The Bertz CT molecular complexity index is 528. The molecular formula is C16H21NO3. The van der Waals surface area contributed by atoms with Gasteiger partial charge in [0, 0.05) is 13.5 Å². The van der Waals surface area contributed by atoms with E-state index in [-0.39, 0.29) is 23.8 Å². The fourth-order valence-electron chi connectivity index (χ4n) is 2.73. The van der Waals surface area contributed by atoms with Gasteiger partial charge in [-0.2, -0.15) is 0 Å². The van der Waals surface area contributed by atoms with Gasteiger partial charge < -0.3 is 10.0 Å². The molecule has 20 heavy (non-hydrogen) atoms. The maximum absolute atomic E-state index is 11.8. The van der Waals surface area contributed by atoms with Gasteiger partial charge in [-0.15, -0.1) is 0 Å². The van der Waals surface area contributed by atoms with Crippen LogP contribution in [-0.2, 0) is 15.0 Å². The molecule has 4 nitrogen and oxygen atoms in total. The zero-order valence-corrected chi connectivity index (χ0v) is 12.4. The van der Waals surface area contributed by atoms with E-state index < -0.39 is 11.9 Å². The van der Waals surface area contributed by atoms with Gasteiger partial charge in [0.05, 0.1) is 12.0 Å². The number of benzene rings is 1. The van der Waals surface area contributed by atoms with E-state index in [4.69, 9.17) is 0 Å². The van der Waals surface area contributed by atoms with Crippen LogP contribution in [0, 0.1) is 5.92 Å². The minimum atomic E-state index is -0.910. The lowest BCUT2D eigenvalue weighted by molar-refractivity contribution is -0.142. The highest BCUT2D eigenvalue weighted by Gasteiger charge is 2.42. The molecule has 108 valence electrons. The van der Waals surface area contributed by atoms with Crippen molar-refractivity contribution in [3.63, 3.8) is 0 Å². The predicted molar refractivity (Wildman–Crippen MR) is 76.4 cm³/mol. The number of carbonyl (C=O) groups is 2. The van der Waals surface area contributed by atoms with Gasteiger partial charge in [0.25, 0.3) is 0 Å². The van der Waals surface area contributed by atoms with Gasteiger partial charge in [-0.1, -0.05) is 45.0 Å². The van der Waals surface area contributed by atoms with E-state index in [1.54, 1.807) is 11.9 Å². The number of likely N-dealkylation sites (tertiary alicyclic amines) is 1. The number of amides is 1. The number of hydrogen-bond acceptors (Lipinski definition) is 2. The molecule has 1 N–H and O–H groups in total. The molecule has 1 fully saturated rings. The van der Waals surface area contributed by atoms with Crippen molar-refractivity contribution in [2.75, 3.05) is 7.05 Å². The first-order valence-electron chi connectivity index (χ1n) is 6.80. The van der Waals surface area contributed by atoms with E-state index in [9.17, 15) is 14.7 Å². The van der Waals surface area contributed by atoms with Gasteiger partial charge >= 0.3 is 5.97 Å². The second-order valence-electron chi connectivity index (χ2n) is 6.47. The quantitative estimate of drug-likeness (QED) is 0.902. The highest BCUT2D eigenvalue weighted by Crippen LogP contribution is 2.37. The minimum absolute atomic E-state index is 0.0577. The summed E-state index contributed by atoms with van der Waals surface area (Å²) in [6.45, 7) is 6.40. The third-order valence-electron chi connectivity index (χ3n) is 4.02. The topological polar surface area (TPSA) is 57.6 Å². The van der Waals surface area contributed by atoms with Crippen LogP contribution in [-0.4, -0.2) is 28.9 Å². The van der Waals surface area contributed by atoms with Crippen molar-refractivity contribution in [3.05, 3.63) is 35.4 Å². The van der Waals surface area contributed by atoms with Crippen molar-refractivity contribution >= 4 is 11.9 Å². The Morgan fingerprint density at radius 2 is 1.80 bits per heavy atom. The minimum Gasteiger partial charge on any atom is -0.481 e. The van der Waals surface area contributed by atoms with Crippen LogP contribution in [0.15, 0.2) is 24.3 Å². The van der Waals surface area contributed by atoms with Gasteiger partial charge in [0.15, 0.2) is 0 Å². The largest absolute Gasteiger partial charge is 0.481 e. The first-order chi connectivity index (χ1) is 9.21. The first-order valence-corrected chi connectivity index (χ1v) is 6.80. The van der Waals surface area contributed by atoms with Gasteiger partial charge in [-0.25, -0.2) is 0 Å².